The summed E-state index contributed by atoms with van der Waals surface area (Å²) in [7, 11) is 0. The molecule has 0 spiro atoms. The molecule has 0 bridgehead atoms. The van der Waals surface area contributed by atoms with Gasteiger partial charge in [0, 0.05) is 0 Å². The molecule has 3 atom stereocenters. The van der Waals surface area contributed by atoms with Gasteiger partial charge in [-0.1, -0.05) is 43.0 Å². The zero-order valence-electron chi connectivity index (χ0n) is 19.1. The molecule has 1 aromatic carbocycles. The molecule has 0 aliphatic heterocycles. The van der Waals surface area contributed by atoms with Crippen LogP contribution in [0.3, 0.4) is 0 Å². The van der Waals surface area contributed by atoms with E-state index in [0.29, 0.717) is 6.42 Å². The Kier molecular flexibility index (Phi) is 10.4. The minimum Gasteiger partial charge on any atom is -0.461 e. The molecule has 0 saturated carbocycles. The average Bonchev–Trinajstić information content (AvgIpc) is 2.69. The van der Waals surface area contributed by atoms with Crippen LogP contribution in [0, 0.1) is 5.92 Å². The number of alkyl carbamates (subject to hydrolysis) is 1. The van der Waals surface area contributed by atoms with Gasteiger partial charge in [0.1, 0.15) is 24.3 Å². The van der Waals surface area contributed by atoms with Crippen molar-refractivity contribution in [1.29, 1.82) is 0 Å². The molecule has 1 aromatic rings. The first-order valence-electron chi connectivity index (χ1n) is 10.3. The number of carbonyl (C=O) groups is 4. The first-order valence-corrected chi connectivity index (χ1v) is 10.3. The summed E-state index contributed by atoms with van der Waals surface area (Å²) in [5, 5.41) is 4.90. The van der Waals surface area contributed by atoms with Crippen LogP contribution in [-0.2, 0) is 30.3 Å². The molecule has 4 N–H and O–H groups in total. The molecule has 0 heterocycles. The summed E-state index contributed by atoms with van der Waals surface area (Å²) in [6, 6.07) is 7.07. The van der Waals surface area contributed by atoms with Crippen molar-refractivity contribution in [3.63, 3.8) is 0 Å². The molecule has 2 unspecified atom stereocenters. The molecule has 9 heteroatoms. The van der Waals surface area contributed by atoms with Gasteiger partial charge in [0.15, 0.2) is 0 Å². The maximum absolute atomic E-state index is 12.6. The highest BCUT2D eigenvalue weighted by molar-refractivity contribution is 5.90. The molecule has 0 radical (unpaired) electrons. The van der Waals surface area contributed by atoms with Crippen LogP contribution in [0.15, 0.2) is 43.0 Å². The van der Waals surface area contributed by atoms with E-state index in [1.54, 1.807) is 20.8 Å². The molecular formula is C23H33N3O6. The summed E-state index contributed by atoms with van der Waals surface area (Å²) < 4.78 is 10.3. The monoisotopic (exact) mass is 447 g/mol. The van der Waals surface area contributed by atoms with Crippen LogP contribution in [0.5, 0.6) is 0 Å². The third kappa shape index (κ3) is 10.1. The average molecular weight is 448 g/mol. The van der Waals surface area contributed by atoms with Gasteiger partial charge in [0.2, 0.25) is 11.8 Å². The van der Waals surface area contributed by atoms with E-state index in [4.69, 9.17) is 15.2 Å². The molecule has 9 nitrogen and oxygen atoms in total. The van der Waals surface area contributed by atoms with Crippen LogP contribution >= 0.6 is 0 Å². The van der Waals surface area contributed by atoms with Gasteiger partial charge in [-0.25, -0.2) is 4.79 Å². The SMILES string of the molecule is C=CCOC(=O)C(Cc1ccccc1)CC(NC(=O)[C@H](C)NC(=O)OC(C)(C)C)C(N)=O. The lowest BCUT2D eigenvalue weighted by Gasteiger charge is -2.24. The van der Waals surface area contributed by atoms with Crippen LogP contribution in [0.25, 0.3) is 0 Å². The molecule has 0 saturated heterocycles. The predicted octanol–water partition coefficient (Wildman–Crippen LogP) is 1.85. The van der Waals surface area contributed by atoms with Crippen molar-refractivity contribution < 1.29 is 28.7 Å². The van der Waals surface area contributed by atoms with Gasteiger partial charge in [-0.2, -0.15) is 0 Å². The quantitative estimate of drug-likeness (QED) is 0.350. The third-order valence-corrected chi connectivity index (χ3v) is 4.31. The van der Waals surface area contributed by atoms with Gasteiger partial charge >= 0.3 is 12.1 Å². The Morgan fingerprint density at radius 1 is 1.12 bits per heavy atom. The maximum Gasteiger partial charge on any atom is 0.408 e. The Morgan fingerprint density at radius 2 is 1.75 bits per heavy atom. The van der Waals surface area contributed by atoms with Gasteiger partial charge in [-0.05, 0) is 46.1 Å². The van der Waals surface area contributed by atoms with Crippen molar-refractivity contribution in [1.82, 2.24) is 10.6 Å². The Morgan fingerprint density at radius 3 is 2.28 bits per heavy atom. The number of amides is 3. The van der Waals surface area contributed by atoms with E-state index in [9.17, 15) is 19.2 Å². The van der Waals surface area contributed by atoms with Crippen LogP contribution in [0.2, 0.25) is 0 Å². The Hall–Kier alpha value is -3.36. The number of rotatable bonds is 11. The zero-order valence-corrected chi connectivity index (χ0v) is 19.1. The van der Waals surface area contributed by atoms with E-state index in [2.05, 4.69) is 17.2 Å². The predicted molar refractivity (Wildman–Crippen MR) is 119 cm³/mol. The fraction of sp³-hybridized carbons (Fsp3) is 0.478. The van der Waals surface area contributed by atoms with Crippen molar-refractivity contribution in [2.24, 2.45) is 11.7 Å². The first-order chi connectivity index (χ1) is 14.9. The topological polar surface area (TPSA) is 137 Å². The largest absolute Gasteiger partial charge is 0.461 e. The molecular weight excluding hydrogens is 414 g/mol. The third-order valence-electron chi connectivity index (χ3n) is 4.31. The fourth-order valence-electron chi connectivity index (χ4n) is 2.80. The van der Waals surface area contributed by atoms with Gasteiger partial charge in [0.05, 0.1) is 5.92 Å². The summed E-state index contributed by atoms with van der Waals surface area (Å²) in [4.78, 5) is 49.0. The standard InChI is InChI=1S/C23H33N3O6/c1-6-12-31-21(29)17(13-16-10-8-7-9-11-16)14-18(19(24)27)26-20(28)15(2)25-22(30)32-23(3,4)5/h6-11,15,17-18H,1,12-14H2,2-5H3,(H2,24,27)(H,25,30)(H,26,28)/t15-,17?,18?/m0/s1. The van der Waals surface area contributed by atoms with Crippen LogP contribution in [-0.4, -0.2) is 48.2 Å². The van der Waals surface area contributed by atoms with Crippen molar-refractivity contribution >= 4 is 23.9 Å². The summed E-state index contributed by atoms with van der Waals surface area (Å²) in [5.74, 6) is -2.71. The molecule has 0 aliphatic carbocycles. The fourth-order valence-corrected chi connectivity index (χ4v) is 2.80. The highest BCUT2D eigenvalue weighted by Crippen LogP contribution is 2.17. The number of ether oxygens (including phenoxy) is 2. The van der Waals surface area contributed by atoms with E-state index < -0.39 is 47.5 Å². The van der Waals surface area contributed by atoms with Gasteiger partial charge in [0.25, 0.3) is 0 Å². The minimum absolute atomic E-state index is 0.0224. The Balaban J connectivity index is 2.87. The summed E-state index contributed by atoms with van der Waals surface area (Å²) in [5.41, 5.74) is 5.61. The minimum atomic E-state index is -1.14. The van der Waals surface area contributed by atoms with Crippen molar-refractivity contribution in [3.8, 4) is 0 Å². The van der Waals surface area contributed by atoms with Crippen molar-refractivity contribution in [3.05, 3.63) is 48.6 Å². The van der Waals surface area contributed by atoms with E-state index in [-0.39, 0.29) is 13.0 Å². The van der Waals surface area contributed by atoms with E-state index in [0.717, 1.165) is 5.56 Å². The lowest BCUT2D eigenvalue weighted by molar-refractivity contribution is -0.148. The summed E-state index contributed by atoms with van der Waals surface area (Å²) >= 11 is 0. The number of benzene rings is 1. The van der Waals surface area contributed by atoms with Crippen LogP contribution in [0.4, 0.5) is 4.79 Å². The van der Waals surface area contributed by atoms with Crippen molar-refractivity contribution in [2.45, 2.75) is 58.2 Å². The highest BCUT2D eigenvalue weighted by atomic mass is 16.6. The number of carbonyl (C=O) groups excluding carboxylic acids is 4. The van der Waals surface area contributed by atoms with E-state index >= 15 is 0 Å². The lowest BCUT2D eigenvalue weighted by Crippen LogP contribution is -2.53. The second kappa shape index (κ2) is 12.5. The summed E-state index contributed by atoms with van der Waals surface area (Å²) in [6.07, 6.45) is 0.896. The number of nitrogens with two attached hydrogens (primary N) is 1. The molecule has 0 fully saturated rings. The molecule has 32 heavy (non-hydrogen) atoms. The van der Waals surface area contributed by atoms with E-state index in [1.807, 2.05) is 30.3 Å². The molecule has 0 aliphatic rings. The first kappa shape index (κ1) is 26.7. The Bertz CT molecular complexity index is 804. The number of hydrogen-bond donors (Lipinski definition) is 3. The summed E-state index contributed by atoms with van der Waals surface area (Å²) in [6.45, 7) is 10.1. The smallest absolute Gasteiger partial charge is 0.408 e. The second-order valence-corrected chi connectivity index (χ2v) is 8.37. The number of hydrogen-bond acceptors (Lipinski definition) is 6. The normalized spacial score (nSPS) is 13.8. The molecule has 1 rings (SSSR count). The van der Waals surface area contributed by atoms with Gasteiger partial charge in [-0.15, -0.1) is 0 Å². The van der Waals surface area contributed by atoms with Crippen LogP contribution < -0.4 is 16.4 Å². The Labute approximate surface area is 188 Å². The highest BCUT2D eigenvalue weighted by Gasteiger charge is 2.30. The second-order valence-electron chi connectivity index (χ2n) is 8.37. The maximum atomic E-state index is 12.6. The zero-order chi connectivity index (χ0) is 24.3. The van der Waals surface area contributed by atoms with Gasteiger partial charge < -0.3 is 25.8 Å². The number of esters is 1. The molecule has 3 amide bonds. The van der Waals surface area contributed by atoms with E-state index in [1.165, 1.54) is 13.0 Å². The van der Waals surface area contributed by atoms with Crippen molar-refractivity contribution in [2.75, 3.05) is 6.61 Å². The number of nitrogens with one attached hydrogen (secondary N) is 2. The lowest BCUT2D eigenvalue weighted by atomic mass is 9.92. The molecule has 0 aromatic heterocycles. The van der Waals surface area contributed by atoms with Crippen LogP contribution in [0.1, 0.15) is 39.7 Å². The molecule has 176 valence electrons. The van der Waals surface area contributed by atoms with Gasteiger partial charge in [-0.3, -0.25) is 14.4 Å². The number of primary amides is 1.